The average molecular weight is 287 g/mol. The molecule has 5 N–H and O–H groups in total. The number of aliphatic carboxylic acids is 1. The van der Waals surface area contributed by atoms with Crippen LogP contribution in [0.15, 0.2) is 0 Å². The zero-order valence-corrected chi connectivity index (χ0v) is 9.24. The topological polar surface area (TPSA) is 162 Å². The minimum absolute atomic E-state index is 0. The summed E-state index contributed by atoms with van der Waals surface area (Å²) in [4.78, 5) is 9.83. The van der Waals surface area contributed by atoms with Gasteiger partial charge >= 0.3 is 20.1 Å². The number of carbonyl (C=O) groups is 1. The molecule has 0 saturated heterocycles. The van der Waals surface area contributed by atoms with Gasteiger partial charge in [0.05, 0.1) is 5.97 Å². The van der Waals surface area contributed by atoms with Crippen LogP contribution >= 0.6 is 12.6 Å². The van der Waals surface area contributed by atoms with Gasteiger partial charge in [0, 0.05) is 4.75 Å². The molecular formula is C4H12O6STc. The first-order valence-corrected chi connectivity index (χ1v) is 2.33. The Hall–Kier alpha value is 0.309. The summed E-state index contributed by atoms with van der Waals surface area (Å²) in [6.07, 6.45) is 0. The molecule has 0 aliphatic heterocycles. The fraction of sp³-hybridized carbons (Fsp3) is 0.750. The average Bonchev–Trinajstić information content (AvgIpc) is 1.31. The van der Waals surface area contributed by atoms with E-state index in [9.17, 15) is 9.90 Å². The quantitative estimate of drug-likeness (QED) is 0.555. The van der Waals surface area contributed by atoms with Crippen molar-refractivity contribution in [1.82, 2.24) is 0 Å². The maximum Gasteiger partial charge on any atom is 4.00 e. The van der Waals surface area contributed by atoms with Crippen LogP contribution in [-0.2, 0) is 24.9 Å². The first-order valence-electron chi connectivity index (χ1n) is 1.88. The minimum Gasteiger partial charge on any atom is -0.870 e. The summed E-state index contributed by atoms with van der Waals surface area (Å²) in [7, 11) is 0. The van der Waals surface area contributed by atoms with Crippen LogP contribution in [0.4, 0.5) is 0 Å². The predicted molar refractivity (Wildman–Crippen MR) is 37.5 cm³/mol. The molecule has 0 aromatic carbocycles. The Labute approximate surface area is 89.3 Å². The number of hydrogen-bond donors (Lipinski definition) is 1. The molecule has 77 valence electrons. The van der Waals surface area contributed by atoms with Crippen molar-refractivity contribution in [2.45, 2.75) is 18.6 Å². The molecule has 0 saturated carbocycles. The smallest absolute Gasteiger partial charge is 0.870 e. The number of carboxylic acid groups (broad SMARTS) is 1. The van der Waals surface area contributed by atoms with E-state index < -0.39 is 10.7 Å². The summed E-state index contributed by atoms with van der Waals surface area (Å²) in [6, 6.07) is 0. The molecule has 6 nitrogen and oxygen atoms in total. The van der Waals surface area contributed by atoms with E-state index in [-0.39, 0.29) is 42.0 Å². The van der Waals surface area contributed by atoms with E-state index in [2.05, 4.69) is 12.6 Å². The van der Waals surface area contributed by atoms with Crippen LogP contribution in [0.5, 0.6) is 0 Å². The Morgan fingerprint density at radius 2 is 1.33 bits per heavy atom. The third-order valence-electron chi connectivity index (χ3n) is 0.500. The monoisotopic (exact) mass is 287 g/mol. The molecule has 0 aromatic rings. The van der Waals surface area contributed by atoms with Crippen molar-refractivity contribution in [3.63, 3.8) is 0 Å². The first-order chi connectivity index (χ1) is 2.94. The fourth-order valence-corrected chi connectivity index (χ4v) is 0. The Balaban J connectivity index is -0.0000000180. The maximum absolute atomic E-state index is 9.83. The zero-order valence-electron chi connectivity index (χ0n) is 6.48. The van der Waals surface area contributed by atoms with Crippen LogP contribution in [0.1, 0.15) is 13.8 Å². The van der Waals surface area contributed by atoms with Crippen molar-refractivity contribution < 1.29 is 51.9 Å². The van der Waals surface area contributed by atoms with Crippen LogP contribution in [-0.4, -0.2) is 32.6 Å². The molecule has 0 aliphatic rings. The van der Waals surface area contributed by atoms with E-state index in [4.69, 9.17) is 0 Å². The minimum atomic E-state index is -1.14. The van der Waals surface area contributed by atoms with Gasteiger partial charge in [0.2, 0.25) is 0 Å². The molecule has 0 aromatic heterocycles. The molecule has 12 heavy (non-hydrogen) atoms. The summed E-state index contributed by atoms with van der Waals surface area (Å²) >= 11 is 3.69. The standard InChI is InChI=1S/C4H8O2S.4H2O.Tc/c1-4(2,7)3(5)6;;;;;/h7H,1-2H3,(H,5,6);4*1H2;/q;;;;;+4/p-4/i;;;;;1+1. The van der Waals surface area contributed by atoms with Crippen LogP contribution < -0.4 is 5.11 Å². The summed E-state index contributed by atoms with van der Waals surface area (Å²) in [5.74, 6) is -1.14. The van der Waals surface area contributed by atoms with E-state index in [1.807, 2.05) is 0 Å². The molecule has 0 aliphatic carbocycles. The van der Waals surface area contributed by atoms with E-state index in [0.717, 1.165) is 0 Å². The van der Waals surface area contributed by atoms with Crippen LogP contribution in [0.3, 0.4) is 0 Å². The number of thiol groups is 1. The van der Waals surface area contributed by atoms with Crippen LogP contribution in [0, 0.1) is 0 Å². The van der Waals surface area contributed by atoms with Gasteiger partial charge in [-0.05, 0) is 13.8 Å². The van der Waals surface area contributed by atoms with Gasteiger partial charge in [0.1, 0.15) is 0 Å². The molecule has 0 fully saturated rings. The molecule has 0 heterocycles. The van der Waals surface area contributed by atoms with Gasteiger partial charge in [0.25, 0.3) is 0 Å². The van der Waals surface area contributed by atoms with Crippen molar-refractivity contribution in [1.29, 1.82) is 0 Å². The number of rotatable bonds is 1. The Morgan fingerprint density at radius 1 is 1.25 bits per heavy atom. The van der Waals surface area contributed by atoms with Gasteiger partial charge in [-0.3, -0.25) is 0 Å². The molecule has 0 unspecified atom stereocenters. The third kappa shape index (κ3) is 22.4. The van der Waals surface area contributed by atoms with Gasteiger partial charge in [-0.1, -0.05) is 0 Å². The molecule has 1 radical (unpaired) electrons. The van der Waals surface area contributed by atoms with E-state index >= 15 is 0 Å². The number of hydrogen-bond acceptors (Lipinski definition) is 6. The van der Waals surface area contributed by atoms with Crippen molar-refractivity contribution in [3.05, 3.63) is 0 Å². The predicted octanol–water partition coefficient (Wildman–Crippen LogP) is -1.91. The molecule has 0 amide bonds. The largest absolute Gasteiger partial charge is 4.00 e. The van der Waals surface area contributed by atoms with Gasteiger partial charge < -0.3 is 31.8 Å². The second kappa shape index (κ2) is 13.9. The Bertz CT molecular complexity index is 92.0. The number of carbonyl (C=O) groups excluding carboxylic acids is 1. The van der Waals surface area contributed by atoms with Crippen molar-refractivity contribution in [2.75, 3.05) is 0 Å². The zero-order chi connectivity index (χ0) is 6.08. The van der Waals surface area contributed by atoms with Gasteiger partial charge in [-0.25, -0.2) is 0 Å². The fourth-order valence-electron chi connectivity index (χ4n) is 0. The van der Waals surface area contributed by atoms with E-state index in [1.54, 1.807) is 0 Å². The third-order valence-corrected chi connectivity index (χ3v) is 0.682. The van der Waals surface area contributed by atoms with Gasteiger partial charge in [-0.2, -0.15) is 12.6 Å². The second-order valence-electron chi connectivity index (χ2n) is 1.85. The molecule has 0 atom stereocenters. The van der Waals surface area contributed by atoms with Crippen LogP contribution in [0.25, 0.3) is 0 Å². The van der Waals surface area contributed by atoms with E-state index in [0.29, 0.717) is 0 Å². The molecule has 0 bridgehead atoms. The first kappa shape index (κ1) is 39.5. The molecule has 0 spiro atoms. The second-order valence-corrected chi connectivity index (χ2v) is 2.96. The molecular weight excluding hydrogens is 275 g/mol. The van der Waals surface area contributed by atoms with Crippen molar-refractivity contribution >= 4 is 18.6 Å². The Morgan fingerprint density at radius 3 is 1.33 bits per heavy atom. The van der Waals surface area contributed by atoms with E-state index in [1.165, 1.54) is 13.8 Å². The van der Waals surface area contributed by atoms with Crippen molar-refractivity contribution in [3.8, 4) is 0 Å². The maximum atomic E-state index is 9.83. The van der Waals surface area contributed by atoms with Gasteiger partial charge in [0.15, 0.2) is 0 Å². The van der Waals surface area contributed by atoms with Gasteiger partial charge in [-0.15, -0.1) is 0 Å². The molecule has 8 heteroatoms. The summed E-state index contributed by atoms with van der Waals surface area (Å²) in [5.41, 5.74) is 0. The summed E-state index contributed by atoms with van der Waals surface area (Å²) in [6.45, 7) is 2.93. The molecule has 0 rings (SSSR count). The SMILES string of the molecule is CC(C)(S)C(=O)[O-].O.[99Tc+4].[OH-].[OH-].[OH-]. The number of carboxylic acids is 1. The van der Waals surface area contributed by atoms with Crippen molar-refractivity contribution in [2.24, 2.45) is 0 Å². The summed E-state index contributed by atoms with van der Waals surface area (Å²) in [5, 5.41) is 9.83. The summed E-state index contributed by atoms with van der Waals surface area (Å²) < 4.78 is -1.00. The Kier molecular flexibility index (Phi) is 45.7. The van der Waals surface area contributed by atoms with Crippen LogP contribution in [0.2, 0.25) is 0 Å². The normalized spacial score (nSPS) is 6.58.